The first-order valence-electron chi connectivity index (χ1n) is 24.8. The summed E-state index contributed by atoms with van der Waals surface area (Å²) < 4.78 is 0. The maximum absolute atomic E-state index is 14.6. The van der Waals surface area contributed by atoms with E-state index in [1.165, 1.54) is 0 Å². The Labute approximate surface area is 437 Å². The molecular formula is C49H70N16O11. The van der Waals surface area contributed by atoms with Crippen LogP contribution in [0.1, 0.15) is 82.3 Å². The largest absolute Gasteiger partial charge is 0.480 e. The molecule has 1 aromatic heterocycles. The first kappa shape index (κ1) is 59.8. The van der Waals surface area contributed by atoms with Crippen LogP contribution in [0.5, 0.6) is 0 Å². The molecule has 27 nitrogen and oxygen atoms in total. The Kier molecular flexibility index (Phi) is 23.9. The number of nitrogens with zero attached hydrogens (tertiary/aromatic N) is 2. The van der Waals surface area contributed by atoms with E-state index in [1.54, 1.807) is 54.7 Å². The number of aromatic amines is 1. The van der Waals surface area contributed by atoms with Gasteiger partial charge in [0, 0.05) is 62.9 Å². The molecule has 1 aliphatic rings. The highest BCUT2D eigenvalue weighted by Gasteiger charge is 2.35. The normalized spacial score (nSPS) is 20.9. The second-order valence-electron chi connectivity index (χ2n) is 18.2. The summed E-state index contributed by atoms with van der Waals surface area (Å²) in [4.78, 5) is 147. The molecule has 2 aromatic carbocycles. The Morgan fingerprint density at radius 2 is 1.28 bits per heavy atom. The molecule has 0 saturated carbocycles. The van der Waals surface area contributed by atoms with Gasteiger partial charge in [0.25, 0.3) is 0 Å². The standard InChI is InChI=1S/C49H70N16O11/c1-27(66)59-32(16-9-21-56-48(51)52)41(69)65-38-25-40(68)55-20-8-7-15-35(47(75)76)62-45(73)37(24-29-26-58-31-14-6-5-13-30(29)31)64-42(70)33(17-10-22-57-49(53)54)60-44(72)36(23-28-11-3-2-4-12-28)63-43(71)34(61-46(38)74)18-19-39(50)67/h2-6,11-14,26,32-38,58H,7-10,15-25H2,1H3,(H2,50,67)(H,55,68)(H,59,66)(H,60,72)(H,61,74)(H,62,73)(H,63,71)(H,64,70)(H,65,69)(H,75,76)(H4,51,52,56)(H4,53,54,57)/t32-,33-,34-,35-,36?,37-,38?/m0/s1. The van der Waals surface area contributed by atoms with Crippen LogP contribution in [0.2, 0.25) is 0 Å². The van der Waals surface area contributed by atoms with Gasteiger partial charge in [-0.05, 0) is 68.6 Å². The molecular weight excluding hydrogens is 989 g/mol. The molecule has 2 unspecified atom stereocenters. The third-order valence-corrected chi connectivity index (χ3v) is 12.1. The third-order valence-electron chi connectivity index (χ3n) is 12.1. The number of fused-ring (bicyclic) bond motifs is 1. The number of carboxylic acid groups (broad SMARTS) is 1. The second-order valence-corrected chi connectivity index (χ2v) is 18.2. The highest BCUT2D eigenvalue weighted by Crippen LogP contribution is 2.20. The number of hydrogen-bond acceptors (Lipinski definition) is 12. The van der Waals surface area contributed by atoms with Crippen LogP contribution in [0.25, 0.3) is 10.9 Å². The third kappa shape index (κ3) is 20.6. The molecule has 2 heterocycles. The Balaban J connectivity index is 1.79. The van der Waals surface area contributed by atoms with Gasteiger partial charge in [0.2, 0.25) is 53.2 Å². The van der Waals surface area contributed by atoms with Gasteiger partial charge in [-0.3, -0.25) is 53.1 Å². The van der Waals surface area contributed by atoms with Crippen molar-refractivity contribution in [2.75, 3.05) is 19.6 Å². The van der Waals surface area contributed by atoms with Crippen molar-refractivity contribution in [1.29, 1.82) is 0 Å². The van der Waals surface area contributed by atoms with Gasteiger partial charge in [0.05, 0.1) is 6.42 Å². The van der Waals surface area contributed by atoms with Crippen LogP contribution in [-0.2, 0) is 60.8 Å². The number of carboxylic acids is 1. The van der Waals surface area contributed by atoms with Crippen molar-refractivity contribution in [2.45, 2.75) is 126 Å². The Bertz CT molecular complexity index is 2580. The van der Waals surface area contributed by atoms with E-state index in [2.05, 4.69) is 57.5 Å². The van der Waals surface area contributed by atoms with Gasteiger partial charge in [-0.25, -0.2) is 4.79 Å². The molecule has 1 saturated heterocycles. The fourth-order valence-electron chi connectivity index (χ4n) is 8.19. The summed E-state index contributed by atoms with van der Waals surface area (Å²) in [5.74, 6) is -9.69. The summed E-state index contributed by atoms with van der Waals surface area (Å²) in [6.07, 6.45) is 0.0956. The zero-order valence-electron chi connectivity index (χ0n) is 42.2. The summed E-state index contributed by atoms with van der Waals surface area (Å²) in [5.41, 5.74) is 29.3. The average molecular weight is 1060 g/mol. The number of nitrogens with two attached hydrogens (primary N) is 5. The molecule has 1 aliphatic heterocycles. The lowest BCUT2D eigenvalue weighted by Gasteiger charge is -2.28. The predicted octanol–water partition coefficient (Wildman–Crippen LogP) is -3.49. The number of carbonyl (C=O) groups excluding carboxylic acids is 9. The molecule has 0 spiro atoms. The molecule has 4 rings (SSSR count). The van der Waals surface area contributed by atoms with Crippen molar-refractivity contribution in [3.63, 3.8) is 0 Å². The maximum Gasteiger partial charge on any atom is 0.326 e. The second kappa shape index (κ2) is 30.4. The molecule has 0 bridgehead atoms. The lowest BCUT2D eigenvalue weighted by molar-refractivity contribution is -0.142. The van der Waals surface area contributed by atoms with E-state index in [9.17, 15) is 53.1 Å². The summed E-state index contributed by atoms with van der Waals surface area (Å²) in [5, 5.41) is 31.6. The number of aromatic nitrogens is 1. The molecule has 20 N–H and O–H groups in total. The zero-order chi connectivity index (χ0) is 55.7. The lowest BCUT2D eigenvalue weighted by atomic mass is 10.0. The number of benzene rings is 2. The number of aliphatic carboxylic acids is 1. The first-order chi connectivity index (χ1) is 36.2. The fourth-order valence-corrected chi connectivity index (χ4v) is 8.19. The van der Waals surface area contributed by atoms with Crippen LogP contribution >= 0.6 is 0 Å². The Morgan fingerprint density at radius 1 is 0.697 bits per heavy atom. The Morgan fingerprint density at radius 3 is 1.92 bits per heavy atom. The molecule has 27 heteroatoms. The molecule has 0 radical (unpaired) electrons. The van der Waals surface area contributed by atoms with Gasteiger partial charge in [-0.15, -0.1) is 0 Å². The van der Waals surface area contributed by atoms with E-state index in [-0.39, 0.29) is 89.3 Å². The molecule has 0 aliphatic carbocycles. The number of guanidine groups is 2. The lowest BCUT2D eigenvalue weighted by Crippen LogP contribution is -2.60. The number of nitrogens with one attached hydrogen (secondary N) is 9. The van der Waals surface area contributed by atoms with Crippen LogP contribution in [-0.4, -0.2) is 143 Å². The SMILES string of the molecule is CC(=O)N[C@@H](CCCN=C(N)N)C(=O)NC1CC(=O)NCCCC[C@@H](C(=O)O)NC(=O)[C@H](Cc2c[nH]c3ccccc23)NC(=O)[C@H](CCCN=C(N)N)NC(=O)C(Cc2ccccc2)NC(=O)[C@H](CCC(N)=O)NC1=O. The number of primary amides is 1. The number of amides is 9. The molecule has 3 aromatic rings. The molecule has 7 atom stereocenters. The van der Waals surface area contributed by atoms with Crippen molar-refractivity contribution in [2.24, 2.45) is 38.7 Å². The number of hydrogen-bond donors (Lipinski definition) is 15. The predicted molar refractivity (Wildman–Crippen MR) is 279 cm³/mol. The molecule has 412 valence electrons. The van der Waals surface area contributed by atoms with Crippen LogP contribution < -0.4 is 71.2 Å². The Hall–Kier alpha value is -8.78. The van der Waals surface area contributed by atoms with Gasteiger partial charge in [-0.2, -0.15) is 0 Å². The number of carbonyl (C=O) groups is 10. The summed E-state index contributed by atoms with van der Waals surface area (Å²) in [6.45, 7) is 1.20. The van der Waals surface area contributed by atoms with Gasteiger partial charge in [0.1, 0.15) is 42.3 Å². The van der Waals surface area contributed by atoms with Gasteiger partial charge in [0.15, 0.2) is 11.9 Å². The number of aliphatic imine (C=N–C) groups is 2. The van der Waals surface area contributed by atoms with E-state index >= 15 is 0 Å². The van der Waals surface area contributed by atoms with E-state index in [0.717, 1.165) is 17.8 Å². The van der Waals surface area contributed by atoms with Crippen molar-refractivity contribution in [1.82, 2.24) is 47.5 Å². The topological polar surface area (TPSA) is 458 Å². The first-order valence-corrected chi connectivity index (χ1v) is 24.8. The van der Waals surface area contributed by atoms with Crippen LogP contribution in [0, 0.1) is 0 Å². The quantitative estimate of drug-likeness (QED) is 0.0315. The minimum Gasteiger partial charge on any atom is -0.480 e. The van der Waals surface area contributed by atoms with E-state index in [4.69, 9.17) is 28.7 Å². The number of para-hydroxylation sites is 1. The maximum atomic E-state index is 14.6. The summed E-state index contributed by atoms with van der Waals surface area (Å²) in [6, 6.07) is 5.19. The summed E-state index contributed by atoms with van der Waals surface area (Å²) in [7, 11) is 0. The average Bonchev–Trinajstić information content (AvgIpc) is 3.77. The number of rotatable bonds is 19. The van der Waals surface area contributed by atoms with Crippen molar-refractivity contribution < 1.29 is 53.1 Å². The van der Waals surface area contributed by atoms with Gasteiger partial charge >= 0.3 is 5.97 Å². The zero-order valence-corrected chi connectivity index (χ0v) is 42.2. The molecule has 9 amide bonds. The molecule has 76 heavy (non-hydrogen) atoms. The minimum atomic E-state index is -1.72. The van der Waals surface area contributed by atoms with Gasteiger partial charge in [-0.1, -0.05) is 48.5 Å². The van der Waals surface area contributed by atoms with Crippen molar-refractivity contribution in [3.05, 3.63) is 71.9 Å². The highest BCUT2D eigenvalue weighted by atomic mass is 16.4. The van der Waals surface area contributed by atoms with E-state index in [1.807, 2.05) is 6.07 Å². The van der Waals surface area contributed by atoms with Gasteiger partial charge < -0.3 is 81.3 Å². The van der Waals surface area contributed by atoms with Crippen molar-refractivity contribution >= 4 is 82.0 Å². The smallest absolute Gasteiger partial charge is 0.326 e. The summed E-state index contributed by atoms with van der Waals surface area (Å²) >= 11 is 0. The fraction of sp³-hybridized carbons (Fsp3) is 0.469. The van der Waals surface area contributed by atoms with E-state index in [0.29, 0.717) is 11.1 Å². The molecule has 1 fully saturated rings. The monoisotopic (exact) mass is 1060 g/mol. The number of H-pyrrole nitrogens is 1. The van der Waals surface area contributed by atoms with Crippen molar-refractivity contribution in [3.8, 4) is 0 Å². The minimum absolute atomic E-state index is 0.0153. The van der Waals surface area contributed by atoms with Crippen LogP contribution in [0.15, 0.2) is 70.8 Å². The van der Waals surface area contributed by atoms with Crippen LogP contribution in [0.3, 0.4) is 0 Å². The van der Waals surface area contributed by atoms with Crippen LogP contribution in [0.4, 0.5) is 0 Å². The van der Waals surface area contributed by atoms with E-state index < -0.39 is 121 Å². The highest BCUT2D eigenvalue weighted by molar-refractivity contribution is 5.99.